The van der Waals surface area contributed by atoms with Crippen LogP contribution in [0, 0.1) is 12.7 Å². The molecule has 0 aliphatic heterocycles. The molecule has 2 amide bonds. The number of amides is 2. The van der Waals surface area contributed by atoms with Gasteiger partial charge in [0.1, 0.15) is 17.6 Å². The van der Waals surface area contributed by atoms with E-state index in [1.54, 1.807) is 18.2 Å². The predicted molar refractivity (Wildman–Crippen MR) is 124 cm³/mol. The number of nitrogens with one attached hydrogen (secondary N) is 1. The van der Waals surface area contributed by atoms with Crippen molar-refractivity contribution in [3.63, 3.8) is 0 Å². The lowest BCUT2D eigenvalue weighted by atomic mass is 9.94. The number of halogens is 1. The fourth-order valence-corrected chi connectivity index (χ4v) is 4.28. The van der Waals surface area contributed by atoms with Gasteiger partial charge in [-0.05, 0) is 55.2 Å². The van der Waals surface area contributed by atoms with Gasteiger partial charge in [0.05, 0.1) is 6.20 Å². The molecule has 33 heavy (non-hydrogen) atoms. The summed E-state index contributed by atoms with van der Waals surface area (Å²) in [7, 11) is 0. The Morgan fingerprint density at radius 2 is 1.82 bits per heavy atom. The molecule has 1 saturated carbocycles. The van der Waals surface area contributed by atoms with Crippen LogP contribution in [0.4, 0.5) is 10.1 Å². The number of aryl methyl sites for hydroxylation is 1. The SMILES string of the molecule is Cc1cccc(N(C(=O)c2cnccn2)C(C(=O)NC2CCCCC2)c2ccc(F)cc2)c1. The highest BCUT2D eigenvalue weighted by Crippen LogP contribution is 2.31. The molecule has 1 N–H and O–H groups in total. The van der Waals surface area contributed by atoms with E-state index in [-0.39, 0.29) is 17.6 Å². The van der Waals surface area contributed by atoms with Crippen molar-refractivity contribution >= 4 is 17.5 Å². The van der Waals surface area contributed by atoms with Gasteiger partial charge in [0.25, 0.3) is 5.91 Å². The van der Waals surface area contributed by atoms with E-state index in [4.69, 9.17) is 0 Å². The first-order chi connectivity index (χ1) is 16.0. The van der Waals surface area contributed by atoms with E-state index in [2.05, 4.69) is 15.3 Å². The quantitative estimate of drug-likeness (QED) is 0.592. The second-order valence-corrected chi connectivity index (χ2v) is 8.40. The molecule has 2 aromatic carbocycles. The van der Waals surface area contributed by atoms with Gasteiger partial charge in [-0.2, -0.15) is 0 Å². The van der Waals surface area contributed by atoms with Crippen LogP contribution >= 0.6 is 0 Å². The van der Waals surface area contributed by atoms with Crippen molar-refractivity contribution in [3.05, 3.63) is 89.8 Å². The fraction of sp³-hybridized carbons (Fsp3) is 0.308. The Hall–Kier alpha value is -3.61. The molecule has 1 aliphatic carbocycles. The van der Waals surface area contributed by atoms with E-state index < -0.39 is 17.8 Å². The first-order valence-electron chi connectivity index (χ1n) is 11.2. The van der Waals surface area contributed by atoms with Crippen LogP contribution in [0.25, 0.3) is 0 Å². The molecule has 0 saturated heterocycles. The molecule has 0 spiro atoms. The first kappa shape index (κ1) is 22.6. The van der Waals surface area contributed by atoms with Gasteiger partial charge >= 0.3 is 0 Å². The Bertz CT molecular complexity index is 1100. The third-order valence-electron chi connectivity index (χ3n) is 5.92. The van der Waals surface area contributed by atoms with Crippen LogP contribution in [-0.2, 0) is 4.79 Å². The number of carbonyl (C=O) groups is 2. The smallest absolute Gasteiger partial charge is 0.279 e. The Balaban J connectivity index is 1.80. The normalized spacial score (nSPS) is 15.0. The molecular formula is C26H27FN4O2. The number of carbonyl (C=O) groups excluding carboxylic acids is 2. The van der Waals surface area contributed by atoms with E-state index in [1.807, 2.05) is 25.1 Å². The molecule has 1 unspecified atom stereocenters. The average molecular weight is 447 g/mol. The van der Waals surface area contributed by atoms with Gasteiger partial charge < -0.3 is 5.32 Å². The molecule has 7 heteroatoms. The monoisotopic (exact) mass is 446 g/mol. The highest BCUT2D eigenvalue weighted by atomic mass is 19.1. The summed E-state index contributed by atoms with van der Waals surface area (Å²) in [5.41, 5.74) is 2.13. The van der Waals surface area contributed by atoms with Crippen LogP contribution in [0.1, 0.15) is 59.8 Å². The van der Waals surface area contributed by atoms with Crippen molar-refractivity contribution < 1.29 is 14.0 Å². The molecule has 170 valence electrons. The third kappa shape index (κ3) is 5.42. The van der Waals surface area contributed by atoms with Crippen LogP contribution in [-0.4, -0.2) is 27.8 Å². The van der Waals surface area contributed by atoms with Gasteiger partial charge in [0.2, 0.25) is 5.91 Å². The van der Waals surface area contributed by atoms with Crippen molar-refractivity contribution in [2.75, 3.05) is 4.90 Å². The summed E-state index contributed by atoms with van der Waals surface area (Å²) in [6, 6.07) is 12.1. The Kier molecular flexibility index (Phi) is 7.07. The molecule has 4 rings (SSSR count). The lowest BCUT2D eigenvalue weighted by molar-refractivity contribution is -0.123. The largest absolute Gasteiger partial charge is 0.351 e. The number of benzene rings is 2. The highest BCUT2D eigenvalue weighted by Gasteiger charge is 2.35. The number of aromatic nitrogens is 2. The Labute approximate surface area is 192 Å². The van der Waals surface area contributed by atoms with E-state index in [1.165, 1.54) is 35.6 Å². The molecule has 0 bridgehead atoms. The number of hydrogen-bond donors (Lipinski definition) is 1. The number of anilines is 1. The number of hydrogen-bond acceptors (Lipinski definition) is 4. The summed E-state index contributed by atoms with van der Waals surface area (Å²) in [5.74, 6) is -1.17. The minimum Gasteiger partial charge on any atom is -0.351 e. The van der Waals surface area contributed by atoms with Gasteiger partial charge in [-0.1, -0.05) is 43.5 Å². The summed E-state index contributed by atoms with van der Waals surface area (Å²) in [6.45, 7) is 1.92. The second-order valence-electron chi connectivity index (χ2n) is 8.40. The lowest BCUT2D eigenvalue weighted by Crippen LogP contribution is -2.47. The molecule has 1 atom stereocenters. The fourth-order valence-electron chi connectivity index (χ4n) is 4.28. The van der Waals surface area contributed by atoms with E-state index in [0.29, 0.717) is 11.3 Å². The predicted octanol–water partition coefficient (Wildman–Crippen LogP) is 4.76. The van der Waals surface area contributed by atoms with Crippen LogP contribution in [0.3, 0.4) is 0 Å². The van der Waals surface area contributed by atoms with E-state index in [9.17, 15) is 14.0 Å². The van der Waals surface area contributed by atoms with Crippen molar-refractivity contribution in [1.82, 2.24) is 15.3 Å². The molecule has 1 aromatic heterocycles. The van der Waals surface area contributed by atoms with Gasteiger partial charge in [-0.3, -0.25) is 19.5 Å². The summed E-state index contributed by atoms with van der Waals surface area (Å²) in [4.78, 5) is 37.0. The van der Waals surface area contributed by atoms with Crippen molar-refractivity contribution in [3.8, 4) is 0 Å². The molecule has 6 nitrogen and oxygen atoms in total. The molecule has 3 aromatic rings. The maximum atomic E-state index is 13.7. The van der Waals surface area contributed by atoms with Gasteiger partial charge in [-0.15, -0.1) is 0 Å². The molecule has 1 fully saturated rings. The highest BCUT2D eigenvalue weighted by molar-refractivity contribution is 6.09. The average Bonchev–Trinajstić information content (AvgIpc) is 2.84. The van der Waals surface area contributed by atoms with Crippen molar-refractivity contribution in [2.45, 2.75) is 51.1 Å². The maximum absolute atomic E-state index is 13.7. The summed E-state index contributed by atoms with van der Waals surface area (Å²) in [6.07, 6.45) is 9.41. The summed E-state index contributed by atoms with van der Waals surface area (Å²) >= 11 is 0. The number of rotatable bonds is 6. The molecular weight excluding hydrogens is 419 g/mol. The van der Waals surface area contributed by atoms with Gasteiger partial charge in [-0.25, -0.2) is 9.37 Å². The van der Waals surface area contributed by atoms with Crippen LogP contribution in [0.2, 0.25) is 0 Å². The van der Waals surface area contributed by atoms with E-state index in [0.717, 1.165) is 37.7 Å². The van der Waals surface area contributed by atoms with Gasteiger partial charge in [0, 0.05) is 24.1 Å². The van der Waals surface area contributed by atoms with Gasteiger partial charge in [0.15, 0.2) is 0 Å². The topological polar surface area (TPSA) is 75.2 Å². The van der Waals surface area contributed by atoms with Crippen molar-refractivity contribution in [2.24, 2.45) is 0 Å². The summed E-state index contributed by atoms with van der Waals surface area (Å²) < 4.78 is 13.7. The lowest BCUT2D eigenvalue weighted by Gasteiger charge is -2.33. The first-order valence-corrected chi connectivity index (χ1v) is 11.2. The third-order valence-corrected chi connectivity index (χ3v) is 5.92. The van der Waals surface area contributed by atoms with Crippen LogP contribution < -0.4 is 10.2 Å². The molecule has 1 heterocycles. The minimum absolute atomic E-state index is 0.0557. The zero-order valence-electron chi connectivity index (χ0n) is 18.6. The maximum Gasteiger partial charge on any atom is 0.279 e. The Morgan fingerprint density at radius 3 is 2.48 bits per heavy atom. The standard InChI is InChI=1S/C26H27FN4O2/c1-18-6-5-9-22(16-18)31(26(33)23-17-28-14-15-29-23)24(19-10-12-20(27)13-11-19)25(32)30-21-7-3-2-4-8-21/h5-6,9-17,21,24H,2-4,7-8H2,1H3,(H,30,32). The van der Waals surface area contributed by atoms with Crippen molar-refractivity contribution in [1.29, 1.82) is 0 Å². The summed E-state index contributed by atoms with van der Waals surface area (Å²) in [5, 5.41) is 3.14. The molecule has 1 aliphatic rings. The molecule has 0 radical (unpaired) electrons. The number of nitrogens with zero attached hydrogens (tertiary/aromatic N) is 3. The zero-order chi connectivity index (χ0) is 23.2. The van der Waals surface area contributed by atoms with Crippen LogP contribution in [0.5, 0.6) is 0 Å². The Morgan fingerprint density at radius 1 is 1.06 bits per heavy atom. The zero-order valence-corrected chi connectivity index (χ0v) is 18.6. The minimum atomic E-state index is -0.996. The second kappa shape index (κ2) is 10.3. The van der Waals surface area contributed by atoms with E-state index >= 15 is 0 Å². The van der Waals surface area contributed by atoms with Crippen LogP contribution in [0.15, 0.2) is 67.1 Å².